The van der Waals surface area contributed by atoms with Gasteiger partial charge in [-0.2, -0.15) is 4.39 Å². The van der Waals surface area contributed by atoms with Crippen LogP contribution in [0, 0.1) is 12.9 Å². The number of aromatic nitrogens is 4. The van der Waals surface area contributed by atoms with E-state index >= 15 is 0 Å². The topological polar surface area (TPSA) is 54.5 Å². The van der Waals surface area contributed by atoms with Gasteiger partial charge < -0.3 is 4.98 Å². The van der Waals surface area contributed by atoms with Crippen LogP contribution in [-0.4, -0.2) is 19.9 Å². The number of nitrogens with one attached hydrogen (secondary N) is 1. The second-order valence-electron chi connectivity index (χ2n) is 6.66. The number of hydrogen-bond acceptors (Lipinski definition) is 3. The molecular weight excluding hydrogens is 363 g/mol. The SMILES string of the molecule is Cc1cnc2[nH]cc(Cc3ccc(CCc4cncc(Cl)c4)nc3F)c2c1. The lowest BCUT2D eigenvalue weighted by Gasteiger charge is -2.06. The number of aromatic amines is 1. The fraction of sp³-hybridized carbons (Fsp3) is 0.190. The third-order valence-corrected chi connectivity index (χ3v) is 4.76. The van der Waals surface area contributed by atoms with E-state index in [9.17, 15) is 4.39 Å². The highest BCUT2D eigenvalue weighted by molar-refractivity contribution is 6.30. The molecule has 0 aromatic carbocycles. The zero-order chi connectivity index (χ0) is 18.8. The molecule has 1 N–H and O–H groups in total. The second-order valence-corrected chi connectivity index (χ2v) is 7.10. The Bertz CT molecular complexity index is 1110. The van der Waals surface area contributed by atoms with Gasteiger partial charge in [0.05, 0.1) is 5.02 Å². The molecule has 0 bridgehead atoms. The first kappa shape index (κ1) is 17.6. The number of H-pyrrole nitrogens is 1. The molecular formula is C21H18ClFN4. The van der Waals surface area contributed by atoms with Crippen LogP contribution in [0.15, 0.2) is 49.1 Å². The highest BCUT2D eigenvalue weighted by Crippen LogP contribution is 2.22. The fourth-order valence-corrected chi connectivity index (χ4v) is 3.35. The van der Waals surface area contributed by atoms with Gasteiger partial charge >= 0.3 is 0 Å². The van der Waals surface area contributed by atoms with Crippen molar-refractivity contribution in [3.05, 3.63) is 88.0 Å². The average Bonchev–Trinajstić information content (AvgIpc) is 3.04. The monoisotopic (exact) mass is 380 g/mol. The van der Waals surface area contributed by atoms with Crippen LogP contribution >= 0.6 is 11.6 Å². The van der Waals surface area contributed by atoms with Crippen molar-refractivity contribution in [2.75, 3.05) is 0 Å². The summed E-state index contributed by atoms with van der Waals surface area (Å²) >= 11 is 5.95. The number of halogens is 2. The van der Waals surface area contributed by atoms with Crippen molar-refractivity contribution in [3.63, 3.8) is 0 Å². The van der Waals surface area contributed by atoms with Gasteiger partial charge in [0.15, 0.2) is 0 Å². The van der Waals surface area contributed by atoms with E-state index in [0.717, 1.165) is 27.7 Å². The van der Waals surface area contributed by atoms with Gasteiger partial charge in [-0.15, -0.1) is 0 Å². The minimum absolute atomic E-state index is 0.424. The van der Waals surface area contributed by atoms with Crippen LogP contribution in [0.5, 0.6) is 0 Å². The van der Waals surface area contributed by atoms with Crippen molar-refractivity contribution in [1.29, 1.82) is 0 Å². The van der Waals surface area contributed by atoms with Crippen molar-refractivity contribution in [2.24, 2.45) is 0 Å². The molecule has 6 heteroatoms. The van der Waals surface area contributed by atoms with Crippen LogP contribution < -0.4 is 0 Å². The van der Waals surface area contributed by atoms with E-state index in [1.807, 2.05) is 37.5 Å². The Morgan fingerprint density at radius 3 is 2.78 bits per heavy atom. The molecule has 136 valence electrons. The number of fused-ring (bicyclic) bond motifs is 1. The van der Waals surface area contributed by atoms with Gasteiger partial charge in [0.2, 0.25) is 5.95 Å². The van der Waals surface area contributed by atoms with Crippen molar-refractivity contribution in [1.82, 2.24) is 19.9 Å². The highest BCUT2D eigenvalue weighted by Gasteiger charge is 2.11. The Morgan fingerprint density at radius 2 is 1.96 bits per heavy atom. The number of nitrogens with zero attached hydrogens (tertiary/aromatic N) is 3. The molecule has 0 atom stereocenters. The summed E-state index contributed by atoms with van der Waals surface area (Å²) < 4.78 is 14.5. The maximum absolute atomic E-state index is 14.5. The Balaban J connectivity index is 1.50. The maximum atomic E-state index is 14.5. The first-order valence-corrected chi connectivity index (χ1v) is 9.12. The van der Waals surface area contributed by atoms with Gasteiger partial charge in [0.1, 0.15) is 5.65 Å². The van der Waals surface area contributed by atoms with E-state index in [1.54, 1.807) is 12.4 Å². The molecule has 4 heterocycles. The van der Waals surface area contributed by atoms with Crippen molar-refractivity contribution >= 4 is 22.6 Å². The summed E-state index contributed by atoms with van der Waals surface area (Å²) in [6.07, 6.45) is 8.89. The molecule has 0 fully saturated rings. The fourth-order valence-electron chi connectivity index (χ4n) is 3.15. The largest absolute Gasteiger partial charge is 0.346 e. The average molecular weight is 381 g/mol. The zero-order valence-electron chi connectivity index (χ0n) is 14.8. The van der Waals surface area contributed by atoms with Gasteiger partial charge in [-0.1, -0.05) is 17.7 Å². The molecule has 0 aliphatic carbocycles. The number of rotatable bonds is 5. The number of pyridine rings is 3. The highest BCUT2D eigenvalue weighted by atomic mass is 35.5. The molecule has 27 heavy (non-hydrogen) atoms. The lowest BCUT2D eigenvalue weighted by Crippen LogP contribution is -2.01. The summed E-state index contributed by atoms with van der Waals surface area (Å²) in [5, 5.41) is 1.62. The normalized spacial score (nSPS) is 11.2. The Labute approximate surface area is 161 Å². The van der Waals surface area contributed by atoms with Crippen LogP contribution in [0.3, 0.4) is 0 Å². The predicted molar refractivity (Wildman–Crippen MR) is 104 cm³/mol. The Hall–Kier alpha value is -2.79. The van der Waals surface area contributed by atoms with E-state index in [1.165, 1.54) is 0 Å². The number of hydrogen-bond donors (Lipinski definition) is 1. The molecule has 0 radical (unpaired) electrons. The van der Waals surface area contributed by atoms with Crippen molar-refractivity contribution in [3.8, 4) is 0 Å². The second kappa shape index (κ2) is 7.45. The van der Waals surface area contributed by atoms with Crippen LogP contribution in [0.25, 0.3) is 11.0 Å². The van der Waals surface area contributed by atoms with Gasteiger partial charge in [0.25, 0.3) is 0 Å². The molecule has 4 aromatic rings. The molecule has 0 spiro atoms. The van der Waals surface area contributed by atoms with Crippen LogP contribution in [0.1, 0.15) is 27.9 Å². The standard InChI is InChI=1S/C21H18ClFN4/c1-13-6-19-16(11-26-21(19)25-9-13)8-15-3-5-18(27-20(15)23)4-2-14-7-17(22)12-24-10-14/h3,5-7,9-12H,2,4,8H2,1H3,(H,25,26). The van der Waals surface area contributed by atoms with E-state index in [0.29, 0.717) is 35.5 Å². The summed E-state index contributed by atoms with van der Waals surface area (Å²) in [5.41, 5.74) is 5.21. The summed E-state index contributed by atoms with van der Waals surface area (Å²) in [6.45, 7) is 2.00. The summed E-state index contributed by atoms with van der Waals surface area (Å²) in [5.74, 6) is -0.424. The molecule has 4 aromatic heterocycles. The van der Waals surface area contributed by atoms with E-state index in [4.69, 9.17) is 11.6 Å². The van der Waals surface area contributed by atoms with Gasteiger partial charge in [-0.3, -0.25) is 4.98 Å². The first-order valence-electron chi connectivity index (χ1n) is 8.75. The smallest absolute Gasteiger partial charge is 0.216 e. The quantitative estimate of drug-likeness (QED) is 0.504. The molecule has 0 unspecified atom stereocenters. The van der Waals surface area contributed by atoms with E-state index < -0.39 is 5.95 Å². The number of aryl methyl sites for hydroxylation is 3. The molecule has 0 saturated carbocycles. The maximum Gasteiger partial charge on any atom is 0.216 e. The summed E-state index contributed by atoms with van der Waals surface area (Å²) in [6, 6.07) is 7.63. The first-order chi connectivity index (χ1) is 13.1. The van der Waals surface area contributed by atoms with Gasteiger partial charge in [-0.05, 0) is 54.7 Å². The van der Waals surface area contributed by atoms with Gasteiger partial charge in [-0.25, -0.2) is 9.97 Å². The molecule has 0 saturated heterocycles. The predicted octanol–water partition coefficient (Wildman–Crippen LogP) is 4.83. The third-order valence-electron chi connectivity index (χ3n) is 4.55. The molecule has 0 aliphatic heterocycles. The molecule has 0 amide bonds. The Morgan fingerprint density at radius 1 is 1.07 bits per heavy atom. The van der Waals surface area contributed by atoms with E-state index in [2.05, 4.69) is 26.0 Å². The van der Waals surface area contributed by atoms with Gasteiger partial charge in [0, 0.05) is 47.9 Å². The zero-order valence-corrected chi connectivity index (χ0v) is 15.6. The van der Waals surface area contributed by atoms with Crippen LogP contribution in [0.2, 0.25) is 5.02 Å². The van der Waals surface area contributed by atoms with Crippen LogP contribution in [0.4, 0.5) is 4.39 Å². The summed E-state index contributed by atoms with van der Waals surface area (Å²) in [7, 11) is 0. The lowest BCUT2D eigenvalue weighted by atomic mass is 10.0. The van der Waals surface area contributed by atoms with Crippen molar-refractivity contribution < 1.29 is 4.39 Å². The Kier molecular flexibility index (Phi) is 4.86. The third kappa shape index (κ3) is 3.98. The molecule has 4 nitrogen and oxygen atoms in total. The molecule has 4 rings (SSSR count). The molecule has 0 aliphatic rings. The minimum atomic E-state index is -0.424. The minimum Gasteiger partial charge on any atom is -0.346 e. The van der Waals surface area contributed by atoms with Crippen molar-refractivity contribution in [2.45, 2.75) is 26.2 Å². The van der Waals surface area contributed by atoms with Crippen LogP contribution in [-0.2, 0) is 19.3 Å². The summed E-state index contributed by atoms with van der Waals surface area (Å²) in [4.78, 5) is 15.7. The van der Waals surface area contributed by atoms with E-state index in [-0.39, 0.29) is 0 Å². The lowest BCUT2D eigenvalue weighted by molar-refractivity contribution is 0.563.